The number of carbonyl (C=O) groups is 4. The highest BCUT2D eigenvalue weighted by molar-refractivity contribution is 5.94. The lowest BCUT2D eigenvalue weighted by atomic mass is 10.0. The summed E-state index contributed by atoms with van der Waals surface area (Å²) in [4.78, 5) is 53.9. The number of aliphatic imine (C=N–C) groups is 1. The second kappa shape index (κ2) is 15.4. The average molecular weight is 506 g/mol. The van der Waals surface area contributed by atoms with E-state index in [1.165, 1.54) is 6.92 Å². The minimum Gasteiger partial charge on any atom is -0.480 e. The van der Waals surface area contributed by atoms with Gasteiger partial charge in [-0.05, 0) is 37.7 Å². The van der Waals surface area contributed by atoms with E-state index in [1.807, 2.05) is 44.2 Å². The van der Waals surface area contributed by atoms with Gasteiger partial charge in [-0.25, -0.2) is 4.79 Å². The summed E-state index contributed by atoms with van der Waals surface area (Å²) < 4.78 is 0. The Balaban J connectivity index is 2.99. The third-order valence-corrected chi connectivity index (χ3v) is 5.23. The summed E-state index contributed by atoms with van der Waals surface area (Å²) in [6, 6.07) is 5.08. The van der Waals surface area contributed by atoms with Crippen molar-refractivity contribution in [1.29, 1.82) is 0 Å². The van der Waals surface area contributed by atoms with Gasteiger partial charge in [0.1, 0.15) is 18.1 Å². The van der Waals surface area contributed by atoms with Crippen LogP contribution < -0.4 is 33.2 Å². The molecule has 0 radical (unpaired) electrons. The minimum absolute atomic E-state index is 0.0115. The number of nitrogens with zero attached hydrogens (tertiary/aromatic N) is 1. The first kappa shape index (κ1) is 30.4. The first-order valence-corrected chi connectivity index (χ1v) is 11.9. The predicted octanol–water partition coefficient (Wildman–Crippen LogP) is -0.785. The molecule has 0 saturated carbocycles. The molecule has 0 aromatic heterocycles. The molecule has 0 bridgehead atoms. The van der Waals surface area contributed by atoms with Crippen LogP contribution in [-0.2, 0) is 25.6 Å². The van der Waals surface area contributed by atoms with E-state index in [9.17, 15) is 24.3 Å². The third-order valence-electron chi connectivity index (χ3n) is 5.23. The summed E-state index contributed by atoms with van der Waals surface area (Å²) >= 11 is 0. The Morgan fingerprint density at radius 3 is 1.97 bits per heavy atom. The Morgan fingerprint density at radius 1 is 0.889 bits per heavy atom. The molecular weight excluding hydrogens is 466 g/mol. The van der Waals surface area contributed by atoms with Crippen molar-refractivity contribution in [2.24, 2.45) is 28.1 Å². The van der Waals surface area contributed by atoms with E-state index in [0.717, 1.165) is 5.56 Å². The number of amides is 3. The van der Waals surface area contributed by atoms with Gasteiger partial charge in [-0.15, -0.1) is 0 Å². The van der Waals surface area contributed by atoms with E-state index in [1.54, 1.807) is 0 Å². The average Bonchev–Trinajstić information content (AvgIpc) is 2.79. The maximum absolute atomic E-state index is 13.2. The number of benzene rings is 1. The van der Waals surface area contributed by atoms with Gasteiger partial charge in [0.2, 0.25) is 17.7 Å². The number of hydrogen-bond donors (Lipinski definition) is 7. The molecule has 1 rings (SSSR count). The lowest BCUT2D eigenvalue weighted by Crippen LogP contribution is -2.57. The fourth-order valence-electron chi connectivity index (χ4n) is 3.37. The number of nitrogens with two attached hydrogens (primary N) is 3. The molecule has 12 heteroatoms. The van der Waals surface area contributed by atoms with Gasteiger partial charge >= 0.3 is 5.97 Å². The Bertz CT molecular complexity index is 901. The monoisotopic (exact) mass is 505 g/mol. The maximum Gasteiger partial charge on any atom is 0.326 e. The van der Waals surface area contributed by atoms with Crippen molar-refractivity contribution in [2.75, 3.05) is 6.54 Å². The van der Waals surface area contributed by atoms with Crippen LogP contribution in [0.5, 0.6) is 0 Å². The molecule has 3 amide bonds. The number of carbonyl (C=O) groups excluding carboxylic acids is 3. The van der Waals surface area contributed by atoms with Crippen molar-refractivity contribution in [2.45, 2.75) is 70.6 Å². The molecule has 36 heavy (non-hydrogen) atoms. The summed E-state index contributed by atoms with van der Waals surface area (Å²) in [5, 5.41) is 17.3. The van der Waals surface area contributed by atoms with E-state index < -0.39 is 47.9 Å². The van der Waals surface area contributed by atoms with Gasteiger partial charge in [0.15, 0.2) is 5.96 Å². The van der Waals surface area contributed by atoms with Crippen molar-refractivity contribution in [3.8, 4) is 0 Å². The van der Waals surface area contributed by atoms with Gasteiger partial charge in [-0.2, -0.15) is 0 Å². The smallest absolute Gasteiger partial charge is 0.326 e. The topological polar surface area (TPSA) is 215 Å². The zero-order valence-electron chi connectivity index (χ0n) is 21.1. The molecule has 0 aliphatic heterocycles. The normalized spacial score (nSPS) is 14.1. The van der Waals surface area contributed by atoms with Crippen LogP contribution in [0.3, 0.4) is 0 Å². The Kier molecular flexibility index (Phi) is 12.9. The van der Waals surface area contributed by atoms with E-state index in [-0.39, 0.29) is 37.7 Å². The SMILES string of the molecule is CC(C)C[C@@H](NC(=O)C(Cc1ccccc1)NC(=O)[C@@H](C)N)C(=O)N[C@@H](CCCN=C(N)N)C(=O)O. The number of rotatable bonds is 15. The van der Waals surface area contributed by atoms with Crippen molar-refractivity contribution >= 4 is 29.7 Å². The molecule has 1 aromatic carbocycles. The van der Waals surface area contributed by atoms with E-state index in [2.05, 4.69) is 20.9 Å². The van der Waals surface area contributed by atoms with Gasteiger partial charge in [-0.1, -0.05) is 44.2 Å². The molecule has 1 unspecified atom stereocenters. The van der Waals surface area contributed by atoms with Crippen LogP contribution in [0, 0.1) is 5.92 Å². The molecule has 0 saturated heterocycles. The van der Waals surface area contributed by atoms with E-state index >= 15 is 0 Å². The molecule has 10 N–H and O–H groups in total. The highest BCUT2D eigenvalue weighted by Crippen LogP contribution is 2.09. The zero-order valence-corrected chi connectivity index (χ0v) is 21.1. The molecule has 12 nitrogen and oxygen atoms in total. The molecule has 0 heterocycles. The third kappa shape index (κ3) is 11.6. The van der Waals surface area contributed by atoms with Crippen LogP contribution in [0.2, 0.25) is 0 Å². The second-order valence-corrected chi connectivity index (χ2v) is 9.08. The van der Waals surface area contributed by atoms with Crippen LogP contribution in [0.15, 0.2) is 35.3 Å². The Hall–Kier alpha value is -3.67. The largest absolute Gasteiger partial charge is 0.480 e. The molecular formula is C24H39N7O5. The fourth-order valence-corrected chi connectivity index (χ4v) is 3.37. The van der Waals surface area contributed by atoms with Gasteiger partial charge in [0.05, 0.1) is 6.04 Å². The van der Waals surface area contributed by atoms with Crippen LogP contribution in [0.25, 0.3) is 0 Å². The van der Waals surface area contributed by atoms with Crippen molar-refractivity contribution in [3.63, 3.8) is 0 Å². The molecule has 4 atom stereocenters. The van der Waals surface area contributed by atoms with Crippen LogP contribution in [-0.4, -0.2) is 65.5 Å². The first-order valence-electron chi connectivity index (χ1n) is 11.9. The molecule has 0 fully saturated rings. The standard InChI is InChI=1S/C24H39N7O5/c1-14(2)12-18(21(33)29-17(23(35)36)10-7-11-28-24(26)27)31-22(34)19(30-20(32)15(3)25)13-16-8-5-4-6-9-16/h4-6,8-9,14-15,17-19H,7,10-13,25H2,1-3H3,(H,29,33)(H,30,32)(H,31,34)(H,35,36)(H4,26,27,28)/t15-,17+,18-,19?/m1/s1. The van der Waals surface area contributed by atoms with Gasteiger partial charge in [-0.3, -0.25) is 19.4 Å². The maximum atomic E-state index is 13.2. The fraction of sp³-hybridized carbons (Fsp3) is 0.542. The van der Waals surface area contributed by atoms with Gasteiger partial charge < -0.3 is 38.3 Å². The summed E-state index contributed by atoms with van der Waals surface area (Å²) in [7, 11) is 0. The Labute approximate surface area is 211 Å². The molecule has 0 aliphatic rings. The summed E-state index contributed by atoms with van der Waals surface area (Å²) in [6.45, 7) is 5.46. The lowest BCUT2D eigenvalue weighted by molar-refractivity contribution is -0.142. The minimum atomic E-state index is -1.21. The molecule has 0 aliphatic carbocycles. The molecule has 1 aromatic rings. The number of nitrogens with one attached hydrogen (secondary N) is 3. The predicted molar refractivity (Wildman–Crippen MR) is 137 cm³/mol. The van der Waals surface area contributed by atoms with E-state index in [4.69, 9.17) is 17.2 Å². The first-order chi connectivity index (χ1) is 16.9. The van der Waals surface area contributed by atoms with E-state index in [0.29, 0.717) is 6.42 Å². The summed E-state index contributed by atoms with van der Waals surface area (Å²) in [6.07, 6.45) is 0.876. The summed E-state index contributed by atoms with van der Waals surface area (Å²) in [5.74, 6) is -3.03. The second-order valence-electron chi connectivity index (χ2n) is 9.08. The van der Waals surface area contributed by atoms with Crippen LogP contribution in [0.4, 0.5) is 0 Å². The Morgan fingerprint density at radius 2 is 1.44 bits per heavy atom. The molecule has 200 valence electrons. The number of hydrogen-bond acceptors (Lipinski definition) is 6. The number of guanidine groups is 1. The van der Waals surface area contributed by atoms with Crippen LogP contribution >= 0.6 is 0 Å². The van der Waals surface area contributed by atoms with Crippen molar-refractivity contribution < 1.29 is 24.3 Å². The summed E-state index contributed by atoms with van der Waals surface area (Å²) in [5.41, 5.74) is 17.0. The highest BCUT2D eigenvalue weighted by Gasteiger charge is 2.30. The van der Waals surface area contributed by atoms with Gasteiger partial charge in [0.25, 0.3) is 0 Å². The van der Waals surface area contributed by atoms with Crippen molar-refractivity contribution in [1.82, 2.24) is 16.0 Å². The van der Waals surface area contributed by atoms with Crippen molar-refractivity contribution in [3.05, 3.63) is 35.9 Å². The molecule has 0 spiro atoms. The number of carboxylic acid groups (broad SMARTS) is 1. The van der Waals surface area contributed by atoms with Gasteiger partial charge in [0, 0.05) is 13.0 Å². The highest BCUT2D eigenvalue weighted by atomic mass is 16.4. The van der Waals surface area contributed by atoms with Crippen LogP contribution in [0.1, 0.15) is 45.6 Å². The quantitative estimate of drug-likeness (QED) is 0.0908. The number of carboxylic acids is 1. The zero-order chi connectivity index (χ0) is 27.3. The lowest BCUT2D eigenvalue weighted by Gasteiger charge is -2.26. The number of aliphatic carboxylic acids is 1.